The van der Waals surface area contributed by atoms with Gasteiger partial charge in [0.15, 0.2) is 0 Å². The fraction of sp³-hybridized carbons (Fsp3) is 0.364. The van der Waals surface area contributed by atoms with Crippen LogP contribution in [0, 0.1) is 6.92 Å². The van der Waals surface area contributed by atoms with Crippen LogP contribution in [0.15, 0.2) is 24.3 Å². The lowest BCUT2D eigenvalue weighted by Crippen LogP contribution is -2.27. The molecule has 0 fully saturated rings. The summed E-state index contributed by atoms with van der Waals surface area (Å²) in [7, 11) is 0. The van der Waals surface area contributed by atoms with Crippen molar-refractivity contribution in [3.8, 4) is 0 Å². The van der Waals surface area contributed by atoms with Gasteiger partial charge in [-0.3, -0.25) is 4.79 Å². The number of hydrogen-bond acceptors (Lipinski definition) is 1. The predicted molar refractivity (Wildman–Crippen MR) is 58.5 cm³/mol. The number of amides is 1. The number of aryl methyl sites for hydroxylation is 1. The van der Waals surface area contributed by atoms with Crippen molar-refractivity contribution in [3.05, 3.63) is 35.4 Å². The molecule has 14 heavy (non-hydrogen) atoms. The third kappa shape index (κ3) is 3.04. The molecule has 0 saturated heterocycles. The first-order valence-corrected chi connectivity index (χ1v) is 5.09. The number of carbonyl (C=O) groups is 1. The Balaban J connectivity index is 2.65. The van der Waals surface area contributed by atoms with E-state index in [1.807, 2.05) is 38.1 Å². The summed E-state index contributed by atoms with van der Waals surface area (Å²) in [4.78, 5) is 11.0. The molecule has 1 N–H and O–H groups in total. The molecule has 1 aromatic rings. The van der Waals surface area contributed by atoms with Gasteiger partial charge in [-0.05, 0) is 19.4 Å². The molecule has 76 valence electrons. The van der Waals surface area contributed by atoms with Gasteiger partial charge in [0.05, 0.1) is 6.04 Å². The van der Waals surface area contributed by atoms with Crippen LogP contribution >= 0.6 is 11.6 Å². The van der Waals surface area contributed by atoms with Crippen LogP contribution in [-0.4, -0.2) is 11.8 Å². The van der Waals surface area contributed by atoms with E-state index in [1.54, 1.807) is 0 Å². The molecule has 0 bridgehead atoms. The van der Waals surface area contributed by atoms with Crippen LogP contribution in [0.5, 0.6) is 0 Å². The molecule has 0 aliphatic carbocycles. The zero-order valence-electron chi connectivity index (χ0n) is 8.38. The number of carbonyl (C=O) groups excluding carboxylic acids is 1. The van der Waals surface area contributed by atoms with E-state index in [9.17, 15) is 4.79 Å². The van der Waals surface area contributed by atoms with Gasteiger partial charge < -0.3 is 5.32 Å². The Kier molecular flexibility index (Phi) is 3.96. The molecule has 1 atom stereocenters. The maximum atomic E-state index is 11.0. The van der Waals surface area contributed by atoms with E-state index < -0.39 is 0 Å². The van der Waals surface area contributed by atoms with Crippen LogP contribution < -0.4 is 5.32 Å². The second kappa shape index (κ2) is 5.01. The van der Waals surface area contributed by atoms with Gasteiger partial charge in [0.25, 0.3) is 0 Å². The van der Waals surface area contributed by atoms with Gasteiger partial charge in [-0.15, -0.1) is 11.6 Å². The molecule has 0 spiro atoms. The maximum Gasteiger partial charge on any atom is 0.235 e. The fourth-order valence-electron chi connectivity index (χ4n) is 1.22. The van der Waals surface area contributed by atoms with Gasteiger partial charge in [-0.25, -0.2) is 0 Å². The molecule has 2 nitrogen and oxygen atoms in total. The smallest absolute Gasteiger partial charge is 0.235 e. The zero-order valence-corrected chi connectivity index (χ0v) is 9.14. The number of halogens is 1. The van der Waals surface area contributed by atoms with Gasteiger partial charge >= 0.3 is 0 Å². The normalized spacial score (nSPS) is 12.2. The molecule has 0 saturated carbocycles. The molecule has 1 aromatic carbocycles. The van der Waals surface area contributed by atoms with Gasteiger partial charge in [-0.2, -0.15) is 0 Å². The standard InChI is InChI=1S/C11H14ClNO/c1-8-3-5-10(6-4-8)9(2)13-11(14)7-12/h3-6,9H,7H2,1-2H3,(H,13,14)/t9-/m0/s1. The van der Waals surface area contributed by atoms with Crippen molar-refractivity contribution in [2.45, 2.75) is 19.9 Å². The van der Waals surface area contributed by atoms with Crippen LogP contribution in [-0.2, 0) is 4.79 Å². The average molecular weight is 212 g/mol. The van der Waals surface area contributed by atoms with E-state index in [4.69, 9.17) is 11.6 Å². The molecule has 0 unspecified atom stereocenters. The highest BCUT2D eigenvalue weighted by atomic mass is 35.5. The average Bonchev–Trinajstić information content (AvgIpc) is 2.18. The molecule has 0 radical (unpaired) electrons. The van der Waals surface area contributed by atoms with Gasteiger partial charge in [0.2, 0.25) is 5.91 Å². The van der Waals surface area contributed by atoms with E-state index in [2.05, 4.69) is 5.32 Å². The first kappa shape index (κ1) is 11.1. The highest BCUT2D eigenvalue weighted by Gasteiger charge is 2.07. The van der Waals surface area contributed by atoms with Crippen LogP contribution in [0.2, 0.25) is 0 Å². The summed E-state index contributed by atoms with van der Waals surface area (Å²) < 4.78 is 0. The second-order valence-electron chi connectivity index (χ2n) is 3.33. The number of alkyl halides is 1. The largest absolute Gasteiger partial charge is 0.349 e. The summed E-state index contributed by atoms with van der Waals surface area (Å²) in [5.41, 5.74) is 2.30. The lowest BCUT2D eigenvalue weighted by Gasteiger charge is -2.13. The van der Waals surface area contributed by atoms with Gasteiger partial charge in [-0.1, -0.05) is 29.8 Å². The summed E-state index contributed by atoms with van der Waals surface area (Å²) in [6, 6.07) is 8.09. The Hall–Kier alpha value is -1.02. The van der Waals surface area contributed by atoms with E-state index in [0.29, 0.717) is 0 Å². The molecular formula is C11H14ClNO. The monoisotopic (exact) mass is 211 g/mol. The highest BCUT2D eigenvalue weighted by Crippen LogP contribution is 2.12. The Labute approximate surface area is 89.3 Å². The van der Waals surface area contributed by atoms with Crippen molar-refractivity contribution >= 4 is 17.5 Å². The van der Waals surface area contributed by atoms with Gasteiger partial charge in [0, 0.05) is 0 Å². The third-order valence-electron chi connectivity index (χ3n) is 2.08. The quantitative estimate of drug-likeness (QED) is 0.765. The van der Waals surface area contributed by atoms with E-state index in [1.165, 1.54) is 5.56 Å². The summed E-state index contributed by atoms with van der Waals surface area (Å²) in [6.45, 7) is 3.97. The summed E-state index contributed by atoms with van der Waals surface area (Å²) in [5, 5.41) is 2.79. The Morgan fingerprint density at radius 1 is 1.43 bits per heavy atom. The van der Waals surface area contributed by atoms with E-state index in [0.717, 1.165) is 5.56 Å². The Morgan fingerprint density at radius 3 is 2.50 bits per heavy atom. The van der Waals surface area contributed by atoms with Gasteiger partial charge in [0.1, 0.15) is 5.88 Å². The fourth-order valence-corrected chi connectivity index (χ4v) is 1.30. The van der Waals surface area contributed by atoms with Crippen molar-refractivity contribution < 1.29 is 4.79 Å². The summed E-state index contributed by atoms with van der Waals surface area (Å²) >= 11 is 5.40. The minimum Gasteiger partial charge on any atom is -0.349 e. The number of nitrogens with one attached hydrogen (secondary N) is 1. The Morgan fingerprint density at radius 2 is 2.00 bits per heavy atom. The van der Waals surface area contributed by atoms with E-state index in [-0.39, 0.29) is 17.8 Å². The third-order valence-corrected chi connectivity index (χ3v) is 2.32. The minimum atomic E-state index is -0.139. The molecule has 3 heteroatoms. The minimum absolute atomic E-state index is 0.0101. The topological polar surface area (TPSA) is 29.1 Å². The maximum absolute atomic E-state index is 11.0. The Bertz CT molecular complexity index is 308. The van der Waals surface area contributed by atoms with Crippen LogP contribution in [0.4, 0.5) is 0 Å². The lowest BCUT2D eigenvalue weighted by molar-refractivity contribution is -0.119. The molecular weight excluding hydrogens is 198 g/mol. The SMILES string of the molecule is Cc1ccc([C@H](C)NC(=O)CCl)cc1. The molecule has 0 heterocycles. The first-order chi connectivity index (χ1) is 6.63. The first-order valence-electron chi connectivity index (χ1n) is 4.55. The summed E-state index contributed by atoms with van der Waals surface area (Å²) in [6.07, 6.45) is 0. The number of hydrogen-bond donors (Lipinski definition) is 1. The van der Waals surface area contributed by atoms with Crippen molar-refractivity contribution in [1.29, 1.82) is 0 Å². The molecule has 1 amide bonds. The van der Waals surface area contributed by atoms with Crippen molar-refractivity contribution in [2.24, 2.45) is 0 Å². The molecule has 0 aliphatic rings. The molecule has 1 rings (SSSR count). The molecule has 0 aliphatic heterocycles. The molecule has 0 aromatic heterocycles. The number of benzene rings is 1. The predicted octanol–water partition coefficient (Wildman–Crippen LogP) is 2.41. The highest BCUT2D eigenvalue weighted by molar-refractivity contribution is 6.27. The van der Waals surface area contributed by atoms with Crippen LogP contribution in [0.25, 0.3) is 0 Å². The van der Waals surface area contributed by atoms with Crippen molar-refractivity contribution in [3.63, 3.8) is 0 Å². The second-order valence-corrected chi connectivity index (χ2v) is 3.60. The van der Waals surface area contributed by atoms with Crippen LogP contribution in [0.1, 0.15) is 24.1 Å². The summed E-state index contributed by atoms with van der Waals surface area (Å²) in [5.74, 6) is -0.129. The lowest BCUT2D eigenvalue weighted by atomic mass is 10.1. The van der Waals surface area contributed by atoms with Crippen LogP contribution in [0.3, 0.4) is 0 Å². The van der Waals surface area contributed by atoms with E-state index >= 15 is 0 Å². The van der Waals surface area contributed by atoms with Crippen molar-refractivity contribution in [1.82, 2.24) is 5.32 Å². The zero-order chi connectivity index (χ0) is 10.6. The number of rotatable bonds is 3. The van der Waals surface area contributed by atoms with Crippen molar-refractivity contribution in [2.75, 3.05) is 5.88 Å².